The molecule has 5 nitrogen and oxygen atoms in total. The molecule has 0 saturated carbocycles. The van der Waals surface area contributed by atoms with Gasteiger partial charge < -0.3 is 15.8 Å². The minimum Gasteiger partial charge on any atom is -0.493 e. The largest absolute Gasteiger partial charge is 0.493 e. The molecule has 2 aliphatic rings. The molecule has 0 aliphatic carbocycles. The molecule has 1 unspecified atom stereocenters. The SMILES string of the molecule is NCCNC(=O)C1CCCN(Cc2ccc3c(c2)CCO3)C1. The van der Waals surface area contributed by atoms with Gasteiger partial charge in [0.05, 0.1) is 12.5 Å². The smallest absolute Gasteiger partial charge is 0.224 e. The van der Waals surface area contributed by atoms with Crippen LogP contribution in [0.3, 0.4) is 0 Å². The third-order valence-corrected chi connectivity index (χ3v) is 4.48. The first-order chi connectivity index (χ1) is 10.8. The van der Waals surface area contributed by atoms with Crippen LogP contribution in [0.2, 0.25) is 0 Å². The highest BCUT2D eigenvalue weighted by atomic mass is 16.5. The Morgan fingerprint density at radius 3 is 3.23 bits per heavy atom. The Kier molecular flexibility index (Phi) is 4.95. The van der Waals surface area contributed by atoms with Crippen molar-refractivity contribution in [2.24, 2.45) is 11.7 Å². The van der Waals surface area contributed by atoms with E-state index in [4.69, 9.17) is 10.5 Å². The summed E-state index contributed by atoms with van der Waals surface area (Å²) in [5, 5.41) is 2.91. The third-order valence-electron chi connectivity index (χ3n) is 4.48. The summed E-state index contributed by atoms with van der Waals surface area (Å²) in [6, 6.07) is 6.47. The van der Waals surface area contributed by atoms with E-state index >= 15 is 0 Å². The second-order valence-electron chi connectivity index (χ2n) is 6.19. The number of hydrogen-bond acceptors (Lipinski definition) is 4. The van der Waals surface area contributed by atoms with Crippen molar-refractivity contribution in [1.29, 1.82) is 0 Å². The predicted octanol–water partition coefficient (Wildman–Crippen LogP) is 0.908. The topological polar surface area (TPSA) is 67.6 Å². The molecule has 5 heteroatoms. The van der Waals surface area contributed by atoms with Gasteiger partial charge in [0.1, 0.15) is 5.75 Å². The maximum Gasteiger partial charge on any atom is 0.224 e. The summed E-state index contributed by atoms with van der Waals surface area (Å²) in [4.78, 5) is 14.5. The van der Waals surface area contributed by atoms with Crippen molar-refractivity contribution in [3.05, 3.63) is 29.3 Å². The van der Waals surface area contributed by atoms with Gasteiger partial charge in [0, 0.05) is 32.6 Å². The van der Waals surface area contributed by atoms with E-state index in [1.807, 2.05) is 0 Å². The van der Waals surface area contributed by atoms with Crippen LogP contribution in [0, 0.1) is 5.92 Å². The number of carbonyl (C=O) groups excluding carboxylic acids is 1. The lowest BCUT2D eigenvalue weighted by Crippen LogP contribution is -2.43. The number of benzene rings is 1. The van der Waals surface area contributed by atoms with Crippen molar-refractivity contribution >= 4 is 5.91 Å². The highest BCUT2D eigenvalue weighted by Crippen LogP contribution is 2.27. The van der Waals surface area contributed by atoms with E-state index in [1.54, 1.807) is 0 Å². The van der Waals surface area contributed by atoms with Crippen LogP contribution in [0.1, 0.15) is 24.0 Å². The maximum absolute atomic E-state index is 12.1. The first kappa shape index (κ1) is 15.3. The molecule has 2 aliphatic heterocycles. The van der Waals surface area contributed by atoms with Crippen molar-refractivity contribution in [3.63, 3.8) is 0 Å². The lowest BCUT2D eigenvalue weighted by molar-refractivity contribution is -0.126. The Morgan fingerprint density at radius 1 is 1.45 bits per heavy atom. The molecule has 22 heavy (non-hydrogen) atoms. The summed E-state index contributed by atoms with van der Waals surface area (Å²) in [5.74, 6) is 1.27. The van der Waals surface area contributed by atoms with Crippen LogP contribution in [0.4, 0.5) is 0 Å². The second kappa shape index (κ2) is 7.11. The van der Waals surface area contributed by atoms with Gasteiger partial charge in [0.25, 0.3) is 0 Å². The molecule has 1 aromatic carbocycles. The Morgan fingerprint density at radius 2 is 2.36 bits per heavy atom. The summed E-state index contributed by atoms with van der Waals surface area (Å²) in [7, 11) is 0. The molecule has 3 rings (SSSR count). The summed E-state index contributed by atoms with van der Waals surface area (Å²) in [6.07, 6.45) is 3.06. The fourth-order valence-corrected chi connectivity index (χ4v) is 3.35. The number of rotatable bonds is 5. The average molecular weight is 303 g/mol. The van der Waals surface area contributed by atoms with Crippen LogP contribution in [-0.2, 0) is 17.8 Å². The van der Waals surface area contributed by atoms with E-state index in [-0.39, 0.29) is 11.8 Å². The number of hydrogen-bond donors (Lipinski definition) is 2. The molecule has 1 atom stereocenters. The summed E-state index contributed by atoms with van der Waals surface area (Å²) < 4.78 is 5.55. The molecular formula is C17H25N3O2. The normalized spacial score (nSPS) is 21.2. The zero-order valence-electron chi connectivity index (χ0n) is 13.0. The van der Waals surface area contributed by atoms with E-state index in [1.165, 1.54) is 11.1 Å². The zero-order valence-corrected chi connectivity index (χ0v) is 13.0. The molecule has 1 saturated heterocycles. The molecule has 2 heterocycles. The monoisotopic (exact) mass is 303 g/mol. The molecule has 1 fully saturated rings. The van der Waals surface area contributed by atoms with Crippen LogP contribution in [0.25, 0.3) is 0 Å². The van der Waals surface area contributed by atoms with Crippen molar-refractivity contribution in [2.75, 3.05) is 32.8 Å². The molecule has 0 bridgehead atoms. The van der Waals surface area contributed by atoms with Crippen molar-refractivity contribution in [3.8, 4) is 5.75 Å². The van der Waals surface area contributed by atoms with Gasteiger partial charge >= 0.3 is 0 Å². The number of nitrogens with one attached hydrogen (secondary N) is 1. The van der Waals surface area contributed by atoms with E-state index in [0.29, 0.717) is 13.1 Å². The van der Waals surface area contributed by atoms with Gasteiger partial charge in [0.15, 0.2) is 0 Å². The molecule has 120 valence electrons. The molecule has 1 amide bonds. The van der Waals surface area contributed by atoms with Gasteiger partial charge in [-0.3, -0.25) is 9.69 Å². The zero-order chi connectivity index (χ0) is 15.4. The van der Waals surface area contributed by atoms with Crippen molar-refractivity contribution in [1.82, 2.24) is 10.2 Å². The van der Waals surface area contributed by atoms with Crippen molar-refractivity contribution < 1.29 is 9.53 Å². The van der Waals surface area contributed by atoms with Gasteiger partial charge in [0.2, 0.25) is 5.91 Å². The quantitative estimate of drug-likeness (QED) is 0.848. The summed E-state index contributed by atoms with van der Waals surface area (Å²) in [5.41, 5.74) is 8.07. The van der Waals surface area contributed by atoms with Crippen molar-refractivity contribution in [2.45, 2.75) is 25.8 Å². The Bertz CT molecular complexity index is 533. The van der Waals surface area contributed by atoms with Crippen LogP contribution >= 0.6 is 0 Å². The number of fused-ring (bicyclic) bond motifs is 1. The Labute approximate surface area is 131 Å². The average Bonchev–Trinajstić information content (AvgIpc) is 3.00. The second-order valence-corrected chi connectivity index (χ2v) is 6.19. The maximum atomic E-state index is 12.1. The lowest BCUT2D eigenvalue weighted by Gasteiger charge is -2.32. The van der Waals surface area contributed by atoms with E-state index < -0.39 is 0 Å². The number of carbonyl (C=O) groups is 1. The minimum atomic E-state index is 0.0954. The molecule has 1 aromatic rings. The summed E-state index contributed by atoms with van der Waals surface area (Å²) in [6.45, 7) is 4.68. The third kappa shape index (κ3) is 3.59. The highest BCUT2D eigenvalue weighted by molar-refractivity contribution is 5.78. The van der Waals surface area contributed by atoms with Crippen LogP contribution in [0.15, 0.2) is 18.2 Å². The number of ether oxygens (including phenoxy) is 1. The fourth-order valence-electron chi connectivity index (χ4n) is 3.35. The van der Waals surface area contributed by atoms with Gasteiger partial charge in [-0.25, -0.2) is 0 Å². The lowest BCUT2D eigenvalue weighted by atomic mass is 9.96. The van der Waals surface area contributed by atoms with Gasteiger partial charge in [-0.05, 0) is 36.6 Å². The predicted molar refractivity (Wildman–Crippen MR) is 85.7 cm³/mol. The first-order valence-electron chi connectivity index (χ1n) is 8.21. The Balaban J connectivity index is 1.57. The van der Waals surface area contributed by atoms with Gasteiger partial charge in [-0.15, -0.1) is 0 Å². The summed E-state index contributed by atoms with van der Waals surface area (Å²) >= 11 is 0. The van der Waals surface area contributed by atoms with Crippen LogP contribution in [0.5, 0.6) is 5.75 Å². The minimum absolute atomic E-state index is 0.0954. The van der Waals surface area contributed by atoms with Gasteiger partial charge in [-0.2, -0.15) is 0 Å². The van der Waals surface area contributed by atoms with E-state index in [0.717, 1.165) is 51.3 Å². The standard InChI is InChI=1S/C17H25N3O2/c18-6-7-19-17(21)15-2-1-8-20(12-15)11-13-3-4-16-14(10-13)5-9-22-16/h3-4,10,15H,1-2,5-9,11-12,18H2,(H,19,21). The van der Waals surface area contributed by atoms with E-state index in [2.05, 4.69) is 28.4 Å². The molecule has 0 radical (unpaired) electrons. The number of likely N-dealkylation sites (tertiary alicyclic amines) is 1. The molecule has 0 aromatic heterocycles. The molecule has 0 spiro atoms. The van der Waals surface area contributed by atoms with E-state index in [9.17, 15) is 4.79 Å². The number of amides is 1. The molecule has 3 N–H and O–H groups in total. The van der Waals surface area contributed by atoms with Crippen LogP contribution in [-0.4, -0.2) is 43.6 Å². The van der Waals surface area contributed by atoms with Gasteiger partial charge in [-0.1, -0.05) is 12.1 Å². The number of nitrogens with zero attached hydrogens (tertiary/aromatic N) is 1. The molecular weight excluding hydrogens is 278 g/mol. The number of nitrogens with two attached hydrogens (primary N) is 1. The Hall–Kier alpha value is -1.59. The van der Waals surface area contributed by atoms with Crippen LogP contribution < -0.4 is 15.8 Å². The highest BCUT2D eigenvalue weighted by Gasteiger charge is 2.25. The fraction of sp³-hybridized carbons (Fsp3) is 0.588. The first-order valence-corrected chi connectivity index (χ1v) is 8.21. The number of piperidine rings is 1.